The van der Waals surface area contributed by atoms with E-state index in [4.69, 9.17) is 4.74 Å². The number of nitrogens with zero attached hydrogens (tertiary/aromatic N) is 2. The zero-order valence-corrected chi connectivity index (χ0v) is 11.2. The van der Waals surface area contributed by atoms with Crippen molar-refractivity contribution in [3.05, 3.63) is 33.9 Å². The zero-order chi connectivity index (χ0) is 15.2. The molecule has 2 atom stereocenters. The molecule has 2 saturated heterocycles. The number of aliphatic hydroxyl groups is 3. The summed E-state index contributed by atoms with van der Waals surface area (Å²) in [5.41, 5.74) is -0.121. The predicted molar refractivity (Wildman–Crippen MR) is 71.5 cm³/mol. The fraction of sp³-hybridized carbons (Fsp3) is 0.538. The van der Waals surface area contributed by atoms with Gasteiger partial charge in [0.2, 0.25) is 0 Å². The van der Waals surface area contributed by atoms with Gasteiger partial charge in [-0.1, -0.05) is 0 Å². The molecule has 0 radical (unpaired) electrons. The van der Waals surface area contributed by atoms with Crippen LogP contribution in [0.4, 0.5) is 11.4 Å². The van der Waals surface area contributed by atoms with E-state index in [1.165, 1.54) is 12.1 Å². The number of rotatable bonds is 3. The van der Waals surface area contributed by atoms with Crippen molar-refractivity contribution in [2.75, 3.05) is 18.1 Å². The highest BCUT2D eigenvalue weighted by Gasteiger charge is 2.38. The van der Waals surface area contributed by atoms with Crippen LogP contribution in [0.3, 0.4) is 0 Å². The maximum atomic E-state index is 11.0. The Bertz CT molecular complexity index is 554. The molecule has 2 heterocycles. The number of hydrogen-bond acceptors (Lipinski definition) is 7. The third-order valence-corrected chi connectivity index (χ3v) is 4.04. The van der Waals surface area contributed by atoms with Crippen molar-refractivity contribution in [1.82, 2.24) is 0 Å². The molecule has 2 aliphatic heterocycles. The van der Waals surface area contributed by atoms with Crippen molar-refractivity contribution in [2.24, 2.45) is 0 Å². The Labute approximate surface area is 120 Å². The molecular weight excluding hydrogens is 280 g/mol. The molecule has 8 heteroatoms. The normalized spacial score (nSPS) is 25.2. The minimum absolute atomic E-state index is 0.115. The molecule has 2 bridgehead atoms. The van der Waals surface area contributed by atoms with Crippen LogP contribution in [0, 0.1) is 10.1 Å². The summed E-state index contributed by atoms with van der Waals surface area (Å²) in [4.78, 5) is 12.4. The Hall–Kier alpha value is -1.74. The van der Waals surface area contributed by atoms with Gasteiger partial charge in [0, 0.05) is 23.4 Å². The second-order valence-corrected chi connectivity index (χ2v) is 5.46. The van der Waals surface area contributed by atoms with Gasteiger partial charge in [0.1, 0.15) is 0 Å². The number of non-ortho nitro benzene ring substituents is 1. The molecule has 0 saturated carbocycles. The van der Waals surface area contributed by atoms with Gasteiger partial charge >= 0.3 is 5.97 Å². The van der Waals surface area contributed by atoms with Crippen LogP contribution in [0.5, 0.6) is 0 Å². The summed E-state index contributed by atoms with van der Waals surface area (Å²) in [5.74, 6) is -3.11. The van der Waals surface area contributed by atoms with Crippen molar-refractivity contribution in [3.63, 3.8) is 0 Å². The number of morpholine rings is 1. The van der Waals surface area contributed by atoms with E-state index in [9.17, 15) is 25.4 Å². The molecule has 8 nitrogen and oxygen atoms in total. The quantitative estimate of drug-likeness (QED) is 0.410. The fourth-order valence-electron chi connectivity index (χ4n) is 3.09. The molecule has 0 amide bonds. The molecule has 0 spiro atoms. The zero-order valence-electron chi connectivity index (χ0n) is 11.2. The van der Waals surface area contributed by atoms with E-state index in [0.717, 1.165) is 18.9 Å². The number of fused-ring (bicyclic) bond motifs is 2. The molecule has 2 aliphatic rings. The first-order chi connectivity index (χ1) is 9.86. The highest BCUT2D eigenvalue weighted by Crippen LogP contribution is 2.37. The third-order valence-electron chi connectivity index (χ3n) is 4.04. The maximum absolute atomic E-state index is 11.0. The lowest BCUT2D eigenvalue weighted by Gasteiger charge is -2.36. The molecule has 3 rings (SSSR count). The summed E-state index contributed by atoms with van der Waals surface area (Å²) >= 11 is 0. The first kappa shape index (κ1) is 14.2. The van der Waals surface area contributed by atoms with Gasteiger partial charge in [-0.2, -0.15) is 0 Å². The first-order valence-corrected chi connectivity index (χ1v) is 6.69. The number of anilines is 1. The van der Waals surface area contributed by atoms with Crippen LogP contribution in [0.1, 0.15) is 18.4 Å². The van der Waals surface area contributed by atoms with E-state index in [0.29, 0.717) is 18.9 Å². The first-order valence-electron chi connectivity index (χ1n) is 6.69. The minimum Gasteiger partial charge on any atom is -0.377 e. The topological polar surface area (TPSA) is 116 Å². The SMILES string of the molecule is O=[N+]([O-])c1cc(N2C3CCC2COC3)cc(C(O)(O)O)c1. The lowest BCUT2D eigenvalue weighted by atomic mass is 10.1. The van der Waals surface area contributed by atoms with Gasteiger partial charge < -0.3 is 25.0 Å². The van der Waals surface area contributed by atoms with Gasteiger partial charge in [-0.3, -0.25) is 10.1 Å². The molecular formula is C13H16N2O6. The Balaban J connectivity index is 2.05. The van der Waals surface area contributed by atoms with Crippen LogP contribution in [0.25, 0.3) is 0 Å². The fourth-order valence-corrected chi connectivity index (χ4v) is 3.09. The Morgan fingerprint density at radius 1 is 1.19 bits per heavy atom. The molecule has 2 unspecified atom stereocenters. The number of benzene rings is 1. The van der Waals surface area contributed by atoms with Crippen LogP contribution in [-0.4, -0.2) is 45.5 Å². The van der Waals surface area contributed by atoms with Crippen molar-refractivity contribution in [2.45, 2.75) is 30.9 Å². The second kappa shape index (κ2) is 4.92. The largest absolute Gasteiger partial charge is 0.377 e. The molecule has 1 aromatic carbocycles. The Kier molecular flexibility index (Phi) is 3.33. The van der Waals surface area contributed by atoms with E-state index in [-0.39, 0.29) is 23.3 Å². The number of ether oxygens (including phenoxy) is 1. The van der Waals surface area contributed by atoms with E-state index in [1.54, 1.807) is 0 Å². The highest BCUT2D eigenvalue weighted by molar-refractivity contribution is 5.58. The Morgan fingerprint density at radius 2 is 1.81 bits per heavy atom. The van der Waals surface area contributed by atoms with E-state index >= 15 is 0 Å². The van der Waals surface area contributed by atoms with Crippen molar-refractivity contribution in [3.8, 4) is 0 Å². The minimum atomic E-state index is -3.11. The lowest BCUT2D eigenvalue weighted by Crippen LogP contribution is -2.46. The van der Waals surface area contributed by atoms with Crippen LogP contribution >= 0.6 is 0 Å². The number of nitro groups is 1. The highest BCUT2D eigenvalue weighted by atomic mass is 16.7. The van der Waals surface area contributed by atoms with Gasteiger partial charge in [0.25, 0.3) is 5.69 Å². The van der Waals surface area contributed by atoms with Gasteiger partial charge in [0.05, 0.1) is 30.2 Å². The van der Waals surface area contributed by atoms with Crippen molar-refractivity contribution < 1.29 is 25.0 Å². The van der Waals surface area contributed by atoms with Crippen LogP contribution in [-0.2, 0) is 10.7 Å². The van der Waals surface area contributed by atoms with Crippen LogP contribution in [0.15, 0.2) is 18.2 Å². The van der Waals surface area contributed by atoms with Crippen molar-refractivity contribution in [1.29, 1.82) is 0 Å². The predicted octanol–water partition coefficient (Wildman–Crippen LogP) is 0.0496. The molecule has 21 heavy (non-hydrogen) atoms. The summed E-state index contributed by atoms with van der Waals surface area (Å²) in [6.45, 7) is 1.08. The monoisotopic (exact) mass is 296 g/mol. The van der Waals surface area contributed by atoms with Crippen molar-refractivity contribution >= 4 is 11.4 Å². The molecule has 2 fully saturated rings. The summed E-state index contributed by atoms with van der Waals surface area (Å²) in [5, 5.41) is 38.9. The van der Waals surface area contributed by atoms with Gasteiger partial charge in [-0.25, -0.2) is 0 Å². The number of nitro benzene ring substituents is 1. The Morgan fingerprint density at radius 3 is 2.33 bits per heavy atom. The summed E-state index contributed by atoms with van der Waals surface area (Å²) in [6, 6.07) is 3.93. The molecule has 114 valence electrons. The third kappa shape index (κ3) is 2.58. The van der Waals surface area contributed by atoms with Gasteiger partial charge in [-0.05, 0) is 18.9 Å². The van der Waals surface area contributed by atoms with E-state index in [1.807, 2.05) is 4.90 Å². The lowest BCUT2D eigenvalue weighted by molar-refractivity contribution is -0.385. The van der Waals surface area contributed by atoms with Gasteiger partial charge in [0.15, 0.2) is 0 Å². The van der Waals surface area contributed by atoms with Gasteiger partial charge in [-0.15, -0.1) is 0 Å². The maximum Gasteiger partial charge on any atom is 0.304 e. The average molecular weight is 296 g/mol. The molecule has 0 aliphatic carbocycles. The average Bonchev–Trinajstić information content (AvgIpc) is 2.67. The molecule has 0 aromatic heterocycles. The summed E-state index contributed by atoms with van der Waals surface area (Å²) < 4.78 is 5.46. The number of hydrogen-bond donors (Lipinski definition) is 3. The molecule has 3 N–H and O–H groups in total. The summed E-state index contributed by atoms with van der Waals surface area (Å²) in [7, 11) is 0. The van der Waals surface area contributed by atoms with Crippen LogP contribution < -0.4 is 4.90 Å². The van der Waals surface area contributed by atoms with Crippen LogP contribution in [0.2, 0.25) is 0 Å². The van der Waals surface area contributed by atoms with E-state index < -0.39 is 10.9 Å². The standard InChI is InChI=1S/C13H16N2O6/c16-13(17,18)8-3-11(5-12(4-8)15(19)20)14-9-1-2-10(14)7-21-6-9/h3-5,9-10,16-18H,1-2,6-7H2. The molecule has 1 aromatic rings. The smallest absolute Gasteiger partial charge is 0.304 e. The summed E-state index contributed by atoms with van der Waals surface area (Å²) in [6.07, 6.45) is 1.84. The van der Waals surface area contributed by atoms with E-state index in [2.05, 4.69) is 0 Å². The second-order valence-electron chi connectivity index (χ2n) is 5.46.